The zero-order chi connectivity index (χ0) is 31.9. The van der Waals surface area contributed by atoms with Crippen molar-refractivity contribution in [3.8, 4) is 0 Å². The van der Waals surface area contributed by atoms with Gasteiger partial charge in [0.15, 0.2) is 0 Å². The molecule has 44 heavy (non-hydrogen) atoms. The molecule has 2 atom stereocenters. The SMILES string of the molecule is COCC(C)(C)C(=O)N1CCCNC(=O)c2csc(n2)C(C(C)C)NC(=O)c2csc(n2)C(Cc2ccccc2)NC(=O)C1. The molecule has 0 spiro atoms. The minimum absolute atomic E-state index is 0.00391. The number of thiazole rings is 2. The van der Waals surface area contributed by atoms with Crippen LogP contribution in [0.4, 0.5) is 0 Å². The van der Waals surface area contributed by atoms with Crippen molar-refractivity contribution in [1.82, 2.24) is 30.8 Å². The summed E-state index contributed by atoms with van der Waals surface area (Å²) in [5, 5.41) is 13.5. The summed E-state index contributed by atoms with van der Waals surface area (Å²) in [5.74, 6) is -1.30. The molecule has 3 heterocycles. The predicted molar refractivity (Wildman–Crippen MR) is 169 cm³/mol. The Bertz CT molecular complexity index is 1450. The maximum atomic E-state index is 13.6. The van der Waals surface area contributed by atoms with E-state index in [1.54, 1.807) is 24.6 Å². The number of fused-ring (bicyclic) bond motifs is 4. The first-order valence-corrected chi connectivity index (χ1v) is 16.4. The molecule has 4 rings (SSSR count). The molecular formula is C31H40N6O5S2. The number of nitrogens with one attached hydrogen (secondary N) is 3. The van der Waals surface area contributed by atoms with Crippen LogP contribution in [0.3, 0.4) is 0 Å². The van der Waals surface area contributed by atoms with Gasteiger partial charge in [0.2, 0.25) is 11.8 Å². The van der Waals surface area contributed by atoms with Crippen LogP contribution in [-0.4, -0.2) is 71.8 Å². The number of nitrogens with zero attached hydrogens (tertiary/aromatic N) is 3. The highest BCUT2D eigenvalue weighted by molar-refractivity contribution is 7.10. The summed E-state index contributed by atoms with van der Waals surface area (Å²) in [7, 11) is 1.53. The molecule has 0 saturated heterocycles. The van der Waals surface area contributed by atoms with Crippen molar-refractivity contribution in [2.45, 2.75) is 52.6 Å². The molecule has 1 aliphatic heterocycles. The predicted octanol–water partition coefficient (Wildman–Crippen LogP) is 3.76. The highest BCUT2D eigenvalue weighted by Gasteiger charge is 2.34. The molecule has 0 fully saturated rings. The molecule has 0 saturated carbocycles. The number of benzene rings is 1. The normalized spacial score (nSPS) is 19.0. The van der Waals surface area contributed by atoms with Crippen LogP contribution in [0.2, 0.25) is 0 Å². The van der Waals surface area contributed by atoms with E-state index in [0.29, 0.717) is 22.9 Å². The second kappa shape index (κ2) is 14.9. The molecule has 1 aliphatic rings. The Balaban J connectivity index is 1.68. The fourth-order valence-electron chi connectivity index (χ4n) is 4.94. The summed E-state index contributed by atoms with van der Waals surface area (Å²) in [5.41, 5.74) is 0.615. The van der Waals surface area contributed by atoms with Crippen molar-refractivity contribution in [2.24, 2.45) is 11.3 Å². The van der Waals surface area contributed by atoms with Crippen molar-refractivity contribution in [3.63, 3.8) is 0 Å². The van der Waals surface area contributed by atoms with Crippen molar-refractivity contribution in [1.29, 1.82) is 0 Å². The van der Waals surface area contributed by atoms with Crippen molar-refractivity contribution in [3.05, 3.63) is 68.1 Å². The molecule has 2 unspecified atom stereocenters. The van der Waals surface area contributed by atoms with Gasteiger partial charge in [0, 0.05) is 31.0 Å². The zero-order valence-electron chi connectivity index (χ0n) is 25.7. The quantitative estimate of drug-likeness (QED) is 0.372. The number of carbonyl (C=O) groups is 4. The Hall–Kier alpha value is -3.68. The van der Waals surface area contributed by atoms with E-state index in [-0.39, 0.29) is 67.2 Å². The van der Waals surface area contributed by atoms with Crippen LogP contribution in [0.25, 0.3) is 0 Å². The van der Waals surface area contributed by atoms with E-state index in [1.165, 1.54) is 34.7 Å². The smallest absolute Gasteiger partial charge is 0.271 e. The van der Waals surface area contributed by atoms with E-state index in [1.807, 2.05) is 44.2 Å². The van der Waals surface area contributed by atoms with E-state index in [4.69, 9.17) is 4.74 Å². The number of amides is 4. The van der Waals surface area contributed by atoms with Crippen LogP contribution in [-0.2, 0) is 20.7 Å². The fourth-order valence-corrected chi connectivity index (χ4v) is 6.81. The highest BCUT2D eigenvalue weighted by Crippen LogP contribution is 2.27. The van der Waals surface area contributed by atoms with E-state index >= 15 is 0 Å². The maximum absolute atomic E-state index is 13.6. The van der Waals surface area contributed by atoms with E-state index in [2.05, 4.69) is 25.9 Å². The number of carbonyl (C=O) groups excluding carboxylic acids is 4. The van der Waals surface area contributed by atoms with Gasteiger partial charge in [0.25, 0.3) is 11.8 Å². The Labute approximate surface area is 265 Å². The Morgan fingerprint density at radius 1 is 1.02 bits per heavy atom. The lowest BCUT2D eigenvalue weighted by Gasteiger charge is -2.31. The molecule has 3 aromatic rings. The Kier molecular flexibility index (Phi) is 11.2. The molecule has 0 aliphatic carbocycles. The van der Waals surface area contributed by atoms with Crippen LogP contribution in [0, 0.1) is 11.3 Å². The Morgan fingerprint density at radius 3 is 2.36 bits per heavy atom. The van der Waals surface area contributed by atoms with Gasteiger partial charge in [-0.05, 0) is 38.2 Å². The van der Waals surface area contributed by atoms with Gasteiger partial charge in [-0.3, -0.25) is 19.2 Å². The van der Waals surface area contributed by atoms with Crippen LogP contribution >= 0.6 is 22.7 Å². The lowest BCUT2D eigenvalue weighted by atomic mass is 9.92. The summed E-state index contributed by atoms with van der Waals surface area (Å²) in [6, 6.07) is 8.76. The second-order valence-electron chi connectivity index (χ2n) is 11.8. The number of hydrogen-bond acceptors (Lipinski definition) is 9. The number of hydrogen-bond donors (Lipinski definition) is 3. The lowest BCUT2D eigenvalue weighted by Crippen LogP contribution is -2.48. The first-order valence-electron chi connectivity index (χ1n) is 14.6. The van der Waals surface area contributed by atoms with Gasteiger partial charge in [-0.1, -0.05) is 44.2 Å². The minimum atomic E-state index is -0.863. The number of ether oxygens (including phenoxy) is 1. The van der Waals surface area contributed by atoms with Crippen LogP contribution in [0.5, 0.6) is 0 Å². The molecule has 4 bridgehead atoms. The molecule has 11 nitrogen and oxygen atoms in total. The van der Waals surface area contributed by atoms with Crippen molar-refractivity contribution in [2.75, 3.05) is 33.4 Å². The largest absolute Gasteiger partial charge is 0.384 e. The molecule has 4 amide bonds. The van der Waals surface area contributed by atoms with Gasteiger partial charge in [-0.2, -0.15) is 0 Å². The summed E-state index contributed by atoms with van der Waals surface area (Å²) in [4.78, 5) is 64.0. The second-order valence-corrected chi connectivity index (χ2v) is 13.6. The van der Waals surface area contributed by atoms with Gasteiger partial charge in [0.05, 0.1) is 30.7 Å². The molecule has 2 aromatic heterocycles. The summed E-state index contributed by atoms with van der Waals surface area (Å²) >= 11 is 2.61. The Morgan fingerprint density at radius 2 is 1.68 bits per heavy atom. The molecular weight excluding hydrogens is 601 g/mol. The average molecular weight is 641 g/mol. The zero-order valence-corrected chi connectivity index (χ0v) is 27.3. The van der Waals surface area contributed by atoms with Crippen LogP contribution in [0.1, 0.15) is 82.8 Å². The van der Waals surface area contributed by atoms with Crippen LogP contribution in [0.15, 0.2) is 41.1 Å². The third kappa shape index (κ3) is 8.48. The first-order chi connectivity index (χ1) is 21.0. The first kappa shape index (κ1) is 33.2. The van der Waals surface area contributed by atoms with Crippen LogP contribution < -0.4 is 16.0 Å². The number of rotatable bonds is 6. The average Bonchev–Trinajstić information content (AvgIpc) is 3.67. The standard InChI is InChI=1S/C31H40N6O5S2/c1-19(2)25-29-35-22(16-44-29)26(39)32-12-9-13-37(30(41)31(3,4)18-42-5)15-24(38)33-21(14-20-10-7-6-8-11-20)28-34-23(17-43-28)27(40)36-25/h6-8,10-11,16-17,19,21,25H,9,12-15,18H2,1-5H3,(H,32,39)(H,33,38)(H,36,40). The molecule has 0 radical (unpaired) electrons. The van der Waals surface area contributed by atoms with Crippen molar-refractivity contribution < 1.29 is 23.9 Å². The van der Waals surface area contributed by atoms with Crippen molar-refractivity contribution >= 4 is 46.3 Å². The molecule has 13 heteroatoms. The number of methoxy groups -OCH3 is 1. The molecule has 3 N–H and O–H groups in total. The van der Waals surface area contributed by atoms with Gasteiger partial charge in [-0.25, -0.2) is 9.97 Å². The summed E-state index contributed by atoms with van der Waals surface area (Å²) < 4.78 is 5.28. The monoisotopic (exact) mass is 640 g/mol. The molecule has 1 aromatic carbocycles. The van der Waals surface area contributed by atoms with Gasteiger partial charge in [0.1, 0.15) is 21.4 Å². The summed E-state index contributed by atoms with van der Waals surface area (Å²) in [6.07, 6.45) is 0.881. The van der Waals surface area contributed by atoms with E-state index in [9.17, 15) is 19.2 Å². The third-order valence-electron chi connectivity index (χ3n) is 7.24. The maximum Gasteiger partial charge on any atom is 0.271 e. The topological polar surface area (TPSA) is 143 Å². The lowest BCUT2D eigenvalue weighted by molar-refractivity contribution is -0.146. The summed E-state index contributed by atoms with van der Waals surface area (Å²) in [6.45, 7) is 8.03. The van der Waals surface area contributed by atoms with Gasteiger partial charge >= 0.3 is 0 Å². The molecule has 236 valence electrons. The van der Waals surface area contributed by atoms with Gasteiger partial charge < -0.3 is 25.6 Å². The van der Waals surface area contributed by atoms with E-state index in [0.717, 1.165) is 5.56 Å². The number of aromatic nitrogens is 2. The van der Waals surface area contributed by atoms with E-state index < -0.39 is 17.5 Å². The minimum Gasteiger partial charge on any atom is -0.384 e. The fraction of sp³-hybridized carbons (Fsp3) is 0.484. The third-order valence-corrected chi connectivity index (χ3v) is 9.13. The van der Waals surface area contributed by atoms with Gasteiger partial charge in [-0.15, -0.1) is 22.7 Å². The highest BCUT2D eigenvalue weighted by atomic mass is 32.1.